The molecular weight excluding hydrogens is 572 g/mol. The van der Waals surface area contributed by atoms with Crippen molar-refractivity contribution >= 4 is 23.2 Å². The second kappa shape index (κ2) is 13.1. The van der Waals surface area contributed by atoms with E-state index in [1.54, 1.807) is 30.3 Å². The van der Waals surface area contributed by atoms with Gasteiger partial charge in [0.05, 0.1) is 41.8 Å². The molecule has 2 aromatic heterocycles. The van der Waals surface area contributed by atoms with Gasteiger partial charge in [0.15, 0.2) is 0 Å². The molecule has 11 nitrogen and oxygen atoms in total. The molecule has 1 saturated heterocycles. The third-order valence-electron chi connectivity index (χ3n) is 7.25. The molecule has 43 heavy (non-hydrogen) atoms. The van der Waals surface area contributed by atoms with Crippen molar-refractivity contribution in [2.24, 2.45) is 7.05 Å². The fraction of sp³-hybridized carbons (Fsp3) is 0.258. The molecule has 2 unspecified atom stereocenters. The molecule has 1 amide bonds. The van der Waals surface area contributed by atoms with Crippen molar-refractivity contribution in [2.75, 3.05) is 25.6 Å². The van der Waals surface area contributed by atoms with Crippen molar-refractivity contribution in [3.05, 3.63) is 92.9 Å². The first-order chi connectivity index (χ1) is 20.8. The van der Waals surface area contributed by atoms with Gasteiger partial charge in [-0.2, -0.15) is 10.4 Å². The lowest BCUT2D eigenvalue weighted by Crippen LogP contribution is -2.46. The van der Waals surface area contributed by atoms with E-state index in [1.165, 1.54) is 26.4 Å². The van der Waals surface area contributed by atoms with Gasteiger partial charge in [0.25, 0.3) is 11.5 Å². The number of aryl methyl sites for hydroxylation is 1. The van der Waals surface area contributed by atoms with E-state index in [2.05, 4.69) is 21.8 Å². The first-order valence-electron chi connectivity index (χ1n) is 13.5. The number of rotatable bonds is 8. The topological polar surface area (TPSA) is 151 Å². The number of nitrogens with zero attached hydrogens (tertiary/aromatic N) is 4. The Balaban J connectivity index is 1.44. The second-order valence-electron chi connectivity index (χ2n) is 9.92. The lowest BCUT2D eigenvalue weighted by molar-refractivity contribution is -0.0281. The SMILES string of the molecule is COc1nc(-c2cccc(-c3cccc(NC(=O)c4ccnn(C)c4=O)c3C#N)c2Cl)ccc1CNC1CCOCC1O. The summed E-state index contributed by atoms with van der Waals surface area (Å²) in [6, 6.07) is 17.5. The van der Waals surface area contributed by atoms with E-state index in [0.717, 1.165) is 10.2 Å². The van der Waals surface area contributed by atoms with Gasteiger partial charge in [-0.15, -0.1) is 0 Å². The number of pyridine rings is 1. The molecule has 1 fully saturated rings. The lowest BCUT2D eigenvalue weighted by atomic mass is 9.96. The van der Waals surface area contributed by atoms with Crippen LogP contribution in [0.3, 0.4) is 0 Å². The number of halogens is 1. The largest absolute Gasteiger partial charge is 0.481 e. The molecule has 0 saturated carbocycles. The Bertz CT molecular complexity index is 1770. The number of ether oxygens (including phenoxy) is 2. The van der Waals surface area contributed by atoms with Crippen LogP contribution >= 0.6 is 11.6 Å². The highest BCUT2D eigenvalue weighted by molar-refractivity contribution is 6.36. The van der Waals surface area contributed by atoms with Gasteiger partial charge in [0, 0.05) is 54.7 Å². The molecule has 12 heteroatoms. The number of aliphatic hydroxyl groups excluding tert-OH is 1. The third kappa shape index (κ3) is 6.28. The van der Waals surface area contributed by atoms with E-state index in [9.17, 15) is 20.0 Å². The van der Waals surface area contributed by atoms with Crippen molar-refractivity contribution in [1.82, 2.24) is 20.1 Å². The van der Waals surface area contributed by atoms with Crippen LogP contribution in [0.1, 0.15) is 27.9 Å². The average molecular weight is 601 g/mol. The molecule has 2 aromatic carbocycles. The summed E-state index contributed by atoms with van der Waals surface area (Å²) in [5, 5.41) is 30.5. The van der Waals surface area contributed by atoms with Gasteiger partial charge < -0.3 is 25.2 Å². The Hall–Kier alpha value is -4.60. The van der Waals surface area contributed by atoms with Crippen molar-refractivity contribution in [3.63, 3.8) is 0 Å². The van der Waals surface area contributed by atoms with Crippen LogP contribution in [0.25, 0.3) is 22.4 Å². The smallest absolute Gasteiger partial charge is 0.279 e. The average Bonchev–Trinajstić information content (AvgIpc) is 3.02. The number of aromatic nitrogens is 3. The molecule has 0 bridgehead atoms. The summed E-state index contributed by atoms with van der Waals surface area (Å²) in [5.41, 5.74) is 2.82. The zero-order valence-electron chi connectivity index (χ0n) is 23.5. The van der Waals surface area contributed by atoms with Crippen LogP contribution in [-0.4, -0.2) is 58.2 Å². The van der Waals surface area contributed by atoms with E-state index in [1.807, 2.05) is 18.2 Å². The van der Waals surface area contributed by atoms with Crippen LogP contribution in [0.15, 0.2) is 65.6 Å². The molecule has 1 aliphatic heterocycles. The van der Waals surface area contributed by atoms with Crippen molar-refractivity contribution in [2.45, 2.75) is 25.1 Å². The standard InChI is InChI=1S/C31H29ClN6O5/c1-38-31(41)22(11-13-35-38)29(40)36-24-8-4-5-19(23(24)15-33)20-6-3-7-21(28(20)32)25-10-9-18(30(37-25)42-2)16-34-26-12-14-43-17-27(26)39/h3-11,13,26-27,34,39H,12,14,16-17H2,1-2H3,(H,36,40). The van der Waals surface area contributed by atoms with Crippen LogP contribution in [0.5, 0.6) is 5.88 Å². The van der Waals surface area contributed by atoms with Crippen molar-refractivity contribution in [3.8, 4) is 34.3 Å². The Morgan fingerprint density at radius 3 is 2.72 bits per heavy atom. The lowest BCUT2D eigenvalue weighted by Gasteiger charge is -2.28. The minimum Gasteiger partial charge on any atom is -0.481 e. The number of nitriles is 1. The van der Waals surface area contributed by atoms with Crippen molar-refractivity contribution in [1.29, 1.82) is 5.26 Å². The monoisotopic (exact) mass is 600 g/mol. The zero-order valence-corrected chi connectivity index (χ0v) is 24.3. The van der Waals surface area contributed by atoms with Gasteiger partial charge in [-0.05, 0) is 24.6 Å². The minimum atomic E-state index is -0.659. The molecule has 0 spiro atoms. The summed E-state index contributed by atoms with van der Waals surface area (Å²) >= 11 is 6.93. The fourth-order valence-corrected chi connectivity index (χ4v) is 5.26. The van der Waals surface area contributed by atoms with Crippen molar-refractivity contribution < 1.29 is 19.4 Å². The number of hydrogen-bond donors (Lipinski definition) is 3. The van der Waals surface area contributed by atoms with Crippen LogP contribution in [0.4, 0.5) is 5.69 Å². The summed E-state index contributed by atoms with van der Waals surface area (Å²) in [4.78, 5) is 30.0. The Morgan fingerprint density at radius 1 is 1.19 bits per heavy atom. The van der Waals surface area contributed by atoms with Crippen LogP contribution in [0.2, 0.25) is 5.02 Å². The van der Waals surface area contributed by atoms with E-state index in [0.29, 0.717) is 59.5 Å². The van der Waals surface area contributed by atoms with E-state index >= 15 is 0 Å². The number of carbonyl (C=O) groups excluding carboxylic acids is 1. The number of hydrogen-bond acceptors (Lipinski definition) is 9. The minimum absolute atomic E-state index is 0.0887. The Morgan fingerprint density at radius 2 is 1.95 bits per heavy atom. The van der Waals surface area contributed by atoms with Gasteiger partial charge in [-0.3, -0.25) is 9.59 Å². The predicted molar refractivity (Wildman–Crippen MR) is 161 cm³/mol. The molecule has 4 aromatic rings. The summed E-state index contributed by atoms with van der Waals surface area (Å²) in [6.45, 7) is 1.33. The second-order valence-corrected chi connectivity index (χ2v) is 10.3. The fourth-order valence-electron chi connectivity index (χ4n) is 4.94. The molecule has 3 N–H and O–H groups in total. The number of benzene rings is 2. The first-order valence-corrected chi connectivity index (χ1v) is 13.9. The summed E-state index contributed by atoms with van der Waals surface area (Å²) in [7, 11) is 2.99. The predicted octanol–water partition coefficient (Wildman–Crippen LogP) is 3.53. The zero-order chi connectivity index (χ0) is 30.5. The van der Waals surface area contributed by atoms with E-state index < -0.39 is 17.6 Å². The maximum atomic E-state index is 12.9. The number of carbonyl (C=O) groups is 1. The Labute approximate surface area is 252 Å². The van der Waals surface area contributed by atoms with E-state index in [4.69, 9.17) is 26.1 Å². The molecule has 5 rings (SSSR count). The summed E-state index contributed by atoms with van der Waals surface area (Å²) < 4.78 is 11.9. The maximum Gasteiger partial charge on any atom is 0.279 e. The highest BCUT2D eigenvalue weighted by atomic mass is 35.5. The molecular formula is C31H29ClN6O5. The molecule has 1 aliphatic rings. The molecule has 2 atom stereocenters. The summed E-state index contributed by atoms with van der Waals surface area (Å²) in [5.74, 6) is -0.244. The highest BCUT2D eigenvalue weighted by Crippen LogP contribution is 2.39. The van der Waals surface area contributed by atoms with Gasteiger partial charge in [-0.25, -0.2) is 9.67 Å². The maximum absolute atomic E-state index is 12.9. The van der Waals surface area contributed by atoms with E-state index in [-0.39, 0.29) is 22.9 Å². The number of aliphatic hydroxyl groups is 1. The third-order valence-corrected chi connectivity index (χ3v) is 7.66. The van der Waals surface area contributed by atoms with Crippen LogP contribution in [0, 0.1) is 11.3 Å². The summed E-state index contributed by atoms with van der Waals surface area (Å²) in [6.07, 6.45) is 1.47. The van der Waals surface area contributed by atoms with Crippen LogP contribution < -0.4 is 20.9 Å². The molecule has 0 aliphatic carbocycles. The number of amides is 1. The molecule has 0 radical (unpaired) electrons. The quantitative estimate of drug-likeness (QED) is 0.276. The van der Waals surface area contributed by atoms with Crippen LogP contribution in [-0.2, 0) is 18.3 Å². The van der Waals surface area contributed by atoms with Gasteiger partial charge >= 0.3 is 0 Å². The first kappa shape index (κ1) is 29.9. The van der Waals surface area contributed by atoms with Gasteiger partial charge in [-0.1, -0.05) is 48.0 Å². The normalized spacial score (nSPS) is 16.3. The number of nitrogens with one attached hydrogen (secondary N) is 2. The van der Waals surface area contributed by atoms with Gasteiger partial charge in [0.2, 0.25) is 5.88 Å². The Kier molecular flexibility index (Phi) is 9.13. The highest BCUT2D eigenvalue weighted by Gasteiger charge is 2.24. The molecule has 220 valence electrons. The number of anilines is 1. The number of methoxy groups -OCH3 is 1. The molecule has 3 heterocycles. The van der Waals surface area contributed by atoms with Gasteiger partial charge in [0.1, 0.15) is 11.6 Å².